The van der Waals surface area contributed by atoms with Crippen LogP contribution >= 0.6 is 11.8 Å². The first-order valence-electron chi connectivity index (χ1n) is 13.5. The molecule has 0 aliphatic heterocycles. The normalized spacial score (nSPS) is 14.6. The van der Waals surface area contributed by atoms with Gasteiger partial charge in [0.1, 0.15) is 11.9 Å². The second-order valence-corrected chi connectivity index (χ2v) is 11.1. The molecule has 200 valence electrons. The molecule has 1 aliphatic rings. The molecule has 3 aromatic rings. The first-order valence-corrected chi connectivity index (χ1v) is 14.7. The number of thioether (sulfide) groups is 1. The molecule has 0 radical (unpaired) electrons. The highest BCUT2D eigenvalue weighted by Crippen LogP contribution is 2.22. The number of hydrogen-bond donors (Lipinski definition) is 1. The van der Waals surface area contributed by atoms with Crippen LogP contribution in [0.15, 0.2) is 78.9 Å². The van der Waals surface area contributed by atoms with E-state index in [-0.39, 0.29) is 36.0 Å². The van der Waals surface area contributed by atoms with Crippen molar-refractivity contribution in [3.63, 3.8) is 0 Å². The van der Waals surface area contributed by atoms with Crippen LogP contribution in [0.5, 0.6) is 0 Å². The summed E-state index contributed by atoms with van der Waals surface area (Å²) in [7, 11) is 0. The Morgan fingerprint density at radius 3 is 2.39 bits per heavy atom. The topological polar surface area (TPSA) is 49.4 Å². The van der Waals surface area contributed by atoms with E-state index in [1.54, 1.807) is 23.1 Å². The Kier molecular flexibility index (Phi) is 10.4. The van der Waals surface area contributed by atoms with E-state index >= 15 is 0 Å². The van der Waals surface area contributed by atoms with Crippen LogP contribution in [0.1, 0.15) is 54.4 Å². The quantitative estimate of drug-likeness (QED) is 0.309. The zero-order valence-electron chi connectivity index (χ0n) is 22.1. The van der Waals surface area contributed by atoms with Crippen molar-refractivity contribution >= 4 is 23.6 Å². The lowest BCUT2D eigenvalue weighted by Crippen LogP contribution is -2.53. The molecule has 1 atom stereocenters. The third-order valence-corrected chi connectivity index (χ3v) is 8.09. The van der Waals surface area contributed by atoms with Crippen LogP contribution in [-0.4, -0.2) is 34.6 Å². The van der Waals surface area contributed by atoms with Gasteiger partial charge >= 0.3 is 0 Å². The van der Waals surface area contributed by atoms with Crippen molar-refractivity contribution in [2.75, 3.05) is 5.75 Å². The van der Waals surface area contributed by atoms with E-state index in [0.29, 0.717) is 17.7 Å². The van der Waals surface area contributed by atoms with Gasteiger partial charge in [0.2, 0.25) is 11.8 Å². The minimum absolute atomic E-state index is 0.0477. The molecule has 38 heavy (non-hydrogen) atoms. The highest BCUT2D eigenvalue weighted by molar-refractivity contribution is 7.99. The third-order valence-electron chi connectivity index (χ3n) is 7.10. The number of carbonyl (C=O) groups excluding carboxylic acids is 2. The van der Waals surface area contributed by atoms with Crippen LogP contribution in [0.4, 0.5) is 4.39 Å². The summed E-state index contributed by atoms with van der Waals surface area (Å²) in [6.45, 7) is 2.10. The van der Waals surface area contributed by atoms with Crippen LogP contribution in [0.25, 0.3) is 0 Å². The van der Waals surface area contributed by atoms with Gasteiger partial charge in [0, 0.05) is 30.3 Å². The molecule has 0 heterocycles. The predicted octanol–water partition coefficient (Wildman–Crippen LogP) is 6.46. The summed E-state index contributed by atoms with van der Waals surface area (Å²) in [5.41, 5.74) is 3.71. The average molecular weight is 533 g/mol. The highest BCUT2D eigenvalue weighted by atomic mass is 32.2. The Bertz CT molecular complexity index is 1200. The molecule has 0 aromatic heterocycles. The number of rotatable bonds is 11. The lowest BCUT2D eigenvalue weighted by Gasteiger charge is -2.33. The standard InChI is InChI=1S/C32H37FN2O2S/c1-24-11-10-14-26(19-24)22-38-23-31(36)35(21-27-15-8-9-18-29(27)33)30(20-25-12-4-2-5-13-25)32(37)34-28-16-6-3-7-17-28/h2,4-5,8-15,18-19,28,30H,3,6-7,16-17,20-23H2,1H3,(H,34,37)/t30-/m0/s1. The smallest absolute Gasteiger partial charge is 0.243 e. The number of nitrogens with one attached hydrogen (secondary N) is 1. The number of benzene rings is 3. The number of hydrogen-bond acceptors (Lipinski definition) is 3. The number of carbonyl (C=O) groups is 2. The maximum atomic E-state index is 14.7. The molecule has 3 aromatic carbocycles. The molecule has 0 unspecified atom stereocenters. The van der Waals surface area contributed by atoms with Crippen molar-refractivity contribution < 1.29 is 14.0 Å². The third kappa shape index (κ3) is 8.19. The summed E-state index contributed by atoms with van der Waals surface area (Å²) in [6, 6.07) is 23.9. The molecule has 0 saturated heterocycles. The van der Waals surface area contributed by atoms with E-state index in [2.05, 4.69) is 30.4 Å². The molecule has 6 heteroatoms. The van der Waals surface area contributed by atoms with E-state index in [0.717, 1.165) is 36.8 Å². The van der Waals surface area contributed by atoms with Crippen LogP contribution in [-0.2, 0) is 28.3 Å². The molecule has 0 spiro atoms. The van der Waals surface area contributed by atoms with Gasteiger partial charge in [0.15, 0.2) is 0 Å². The summed E-state index contributed by atoms with van der Waals surface area (Å²) in [6.07, 6.45) is 5.68. The number of amides is 2. The Balaban J connectivity index is 1.57. The molecule has 4 rings (SSSR count). The van der Waals surface area contributed by atoms with Gasteiger partial charge in [-0.05, 0) is 37.0 Å². The first kappa shape index (κ1) is 27.9. The fourth-order valence-electron chi connectivity index (χ4n) is 5.05. The Morgan fingerprint density at radius 2 is 1.66 bits per heavy atom. The maximum Gasteiger partial charge on any atom is 0.243 e. The van der Waals surface area contributed by atoms with Crippen molar-refractivity contribution in [1.82, 2.24) is 10.2 Å². The van der Waals surface area contributed by atoms with Gasteiger partial charge in [-0.1, -0.05) is 97.6 Å². The van der Waals surface area contributed by atoms with Crippen molar-refractivity contribution in [3.8, 4) is 0 Å². The summed E-state index contributed by atoms with van der Waals surface area (Å²) in [5, 5.41) is 3.23. The second kappa shape index (κ2) is 14.1. The van der Waals surface area contributed by atoms with E-state index in [4.69, 9.17) is 0 Å². The van der Waals surface area contributed by atoms with Crippen molar-refractivity contribution in [2.45, 2.75) is 69.8 Å². The summed E-state index contributed by atoms with van der Waals surface area (Å²) >= 11 is 1.52. The van der Waals surface area contributed by atoms with E-state index < -0.39 is 6.04 Å². The largest absolute Gasteiger partial charge is 0.352 e. The molecule has 1 N–H and O–H groups in total. The van der Waals surface area contributed by atoms with Gasteiger partial charge in [-0.15, -0.1) is 11.8 Å². The van der Waals surface area contributed by atoms with Gasteiger partial charge in [-0.25, -0.2) is 4.39 Å². The zero-order valence-corrected chi connectivity index (χ0v) is 22.9. The van der Waals surface area contributed by atoms with E-state index in [1.807, 2.05) is 36.4 Å². The molecule has 0 bridgehead atoms. The van der Waals surface area contributed by atoms with Crippen LogP contribution in [0.2, 0.25) is 0 Å². The second-order valence-electron chi connectivity index (χ2n) is 10.1. The van der Waals surface area contributed by atoms with Gasteiger partial charge in [-0.2, -0.15) is 0 Å². The minimum Gasteiger partial charge on any atom is -0.352 e. The monoisotopic (exact) mass is 532 g/mol. The molecule has 1 aliphatic carbocycles. The molecule has 1 fully saturated rings. The van der Waals surface area contributed by atoms with E-state index in [9.17, 15) is 14.0 Å². The highest BCUT2D eigenvalue weighted by Gasteiger charge is 2.32. The summed E-state index contributed by atoms with van der Waals surface area (Å²) < 4.78 is 14.7. The van der Waals surface area contributed by atoms with Crippen LogP contribution < -0.4 is 5.32 Å². The predicted molar refractivity (Wildman–Crippen MR) is 153 cm³/mol. The Labute approximate surface area is 230 Å². The van der Waals surface area contributed by atoms with E-state index in [1.165, 1.54) is 29.8 Å². The number of aryl methyl sites for hydroxylation is 1. The first-order chi connectivity index (χ1) is 18.5. The Hall–Kier alpha value is -3.12. The fraction of sp³-hybridized carbons (Fsp3) is 0.375. The number of halogens is 1. The van der Waals surface area contributed by atoms with Crippen molar-refractivity contribution in [1.29, 1.82) is 0 Å². The fourth-order valence-corrected chi connectivity index (χ4v) is 5.91. The zero-order chi connectivity index (χ0) is 26.7. The lowest BCUT2D eigenvalue weighted by molar-refractivity contribution is -0.139. The van der Waals surface area contributed by atoms with Gasteiger partial charge in [0.05, 0.1) is 5.75 Å². The van der Waals surface area contributed by atoms with Gasteiger partial charge < -0.3 is 10.2 Å². The molecule has 4 nitrogen and oxygen atoms in total. The van der Waals surface area contributed by atoms with Crippen LogP contribution in [0, 0.1) is 12.7 Å². The van der Waals surface area contributed by atoms with Gasteiger partial charge in [-0.3, -0.25) is 9.59 Å². The lowest BCUT2D eigenvalue weighted by atomic mass is 9.94. The van der Waals surface area contributed by atoms with Gasteiger partial charge in [0.25, 0.3) is 0 Å². The van der Waals surface area contributed by atoms with Crippen molar-refractivity contribution in [2.24, 2.45) is 0 Å². The molecule has 2 amide bonds. The van der Waals surface area contributed by atoms with Crippen molar-refractivity contribution in [3.05, 3.63) is 107 Å². The summed E-state index contributed by atoms with van der Waals surface area (Å²) in [5.74, 6) is 0.215. The number of nitrogens with zero attached hydrogens (tertiary/aromatic N) is 1. The minimum atomic E-state index is -0.731. The Morgan fingerprint density at radius 1 is 0.947 bits per heavy atom. The van der Waals surface area contributed by atoms with Crippen LogP contribution in [0.3, 0.4) is 0 Å². The average Bonchev–Trinajstić information content (AvgIpc) is 2.92. The summed E-state index contributed by atoms with van der Waals surface area (Å²) in [4.78, 5) is 29.1. The SMILES string of the molecule is Cc1cccc(CSCC(=O)N(Cc2ccccc2F)[C@@H](Cc2ccccc2)C(=O)NC2CCCCC2)c1. The molecular weight excluding hydrogens is 495 g/mol. The maximum absolute atomic E-state index is 14.7. The molecular formula is C32H37FN2O2S. The molecule has 1 saturated carbocycles.